The van der Waals surface area contributed by atoms with Crippen molar-refractivity contribution in [2.24, 2.45) is 0 Å². The summed E-state index contributed by atoms with van der Waals surface area (Å²) >= 11 is 12.6. The van der Waals surface area contributed by atoms with E-state index in [1.807, 2.05) is 37.3 Å². The zero-order chi connectivity index (χ0) is 32.4. The minimum Gasteiger partial charge on any atom is -0.354 e. The van der Waals surface area contributed by atoms with Gasteiger partial charge in [0, 0.05) is 29.6 Å². The fraction of sp³-hybridized carbons (Fsp3) is 0.257. The molecule has 0 saturated carbocycles. The zero-order valence-electron chi connectivity index (χ0n) is 25.3. The van der Waals surface area contributed by atoms with Crippen LogP contribution >= 0.6 is 23.2 Å². The molecule has 2 amide bonds. The van der Waals surface area contributed by atoms with Crippen LogP contribution in [0.3, 0.4) is 0 Å². The maximum absolute atomic E-state index is 14.5. The highest BCUT2D eigenvalue weighted by atomic mass is 35.5. The Morgan fingerprint density at radius 1 is 0.822 bits per heavy atom. The molecule has 0 fully saturated rings. The Morgan fingerprint density at radius 2 is 1.47 bits per heavy atom. The molecule has 4 aromatic carbocycles. The lowest BCUT2D eigenvalue weighted by atomic mass is 10.0. The van der Waals surface area contributed by atoms with E-state index in [4.69, 9.17) is 23.2 Å². The van der Waals surface area contributed by atoms with E-state index in [9.17, 15) is 18.0 Å². The summed E-state index contributed by atoms with van der Waals surface area (Å²) in [6, 6.07) is 28.4. The molecule has 0 unspecified atom stereocenters. The third kappa shape index (κ3) is 8.87. The second-order valence-electron chi connectivity index (χ2n) is 10.7. The van der Waals surface area contributed by atoms with Gasteiger partial charge in [-0.3, -0.25) is 13.9 Å². The molecule has 0 bridgehead atoms. The highest BCUT2D eigenvalue weighted by Gasteiger charge is 2.35. The van der Waals surface area contributed by atoms with Crippen molar-refractivity contribution in [2.45, 2.75) is 50.6 Å². The van der Waals surface area contributed by atoms with Crippen molar-refractivity contribution >= 4 is 50.7 Å². The van der Waals surface area contributed by atoms with Crippen LogP contribution in [0.15, 0.2) is 108 Å². The van der Waals surface area contributed by atoms with Crippen molar-refractivity contribution in [3.63, 3.8) is 0 Å². The monoisotopic (exact) mass is 665 g/mol. The van der Waals surface area contributed by atoms with E-state index >= 15 is 0 Å². The van der Waals surface area contributed by atoms with Gasteiger partial charge in [0.1, 0.15) is 12.6 Å². The summed E-state index contributed by atoms with van der Waals surface area (Å²) in [7, 11) is -4.21. The Kier molecular flexibility index (Phi) is 12.0. The van der Waals surface area contributed by atoms with Crippen LogP contribution in [0, 0.1) is 6.92 Å². The molecule has 4 aromatic rings. The number of nitrogens with one attached hydrogen (secondary N) is 1. The van der Waals surface area contributed by atoms with Crippen LogP contribution in [-0.4, -0.2) is 44.3 Å². The molecule has 1 atom stereocenters. The van der Waals surface area contributed by atoms with Gasteiger partial charge in [0.15, 0.2) is 0 Å². The average Bonchev–Trinajstić information content (AvgIpc) is 3.04. The summed E-state index contributed by atoms with van der Waals surface area (Å²) in [4.78, 5) is 29.8. The number of halogens is 2. The molecule has 0 aliphatic carbocycles. The standard InChI is InChI=1S/C35H37Cl2N3O4S/c1-3-4-22-38-35(42)33(23-27-12-7-5-8-13-27)39(24-28-18-20-29(36)21-19-28)34(41)25-40(32-17-11-16-31(37)26(32)2)45(43,44)30-14-9-6-10-15-30/h5-21,33H,3-4,22-25H2,1-2H3,(H,38,42)/t33-/m1/s1. The SMILES string of the molecule is CCCCNC(=O)[C@@H](Cc1ccccc1)N(Cc1ccc(Cl)cc1)C(=O)CN(c1cccc(Cl)c1C)S(=O)(=O)c1ccccc1. The van der Waals surface area contributed by atoms with Crippen LogP contribution in [0.25, 0.3) is 0 Å². The number of carbonyl (C=O) groups excluding carboxylic acids is 2. The van der Waals surface area contributed by atoms with Crippen molar-refractivity contribution in [3.8, 4) is 0 Å². The van der Waals surface area contributed by atoms with Crippen LogP contribution in [0.1, 0.15) is 36.5 Å². The molecule has 0 aliphatic heterocycles. The smallest absolute Gasteiger partial charge is 0.264 e. The second kappa shape index (κ2) is 15.9. The van der Waals surface area contributed by atoms with E-state index in [1.165, 1.54) is 17.0 Å². The molecule has 7 nitrogen and oxygen atoms in total. The van der Waals surface area contributed by atoms with E-state index in [-0.39, 0.29) is 29.5 Å². The summed E-state index contributed by atoms with van der Waals surface area (Å²) < 4.78 is 29.4. The molecule has 0 aromatic heterocycles. The maximum atomic E-state index is 14.5. The number of sulfonamides is 1. The first-order valence-electron chi connectivity index (χ1n) is 14.8. The van der Waals surface area contributed by atoms with Gasteiger partial charge in [-0.1, -0.05) is 103 Å². The lowest BCUT2D eigenvalue weighted by molar-refractivity contribution is -0.140. The molecule has 236 valence electrons. The molecule has 0 aliphatic rings. The van der Waals surface area contributed by atoms with Gasteiger partial charge in [-0.05, 0) is 66.4 Å². The number of amides is 2. The molecule has 10 heteroatoms. The summed E-state index contributed by atoms with van der Waals surface area (Å²) in [6.07, 6.45) is 1.91. The van der Waals surface area contributed by atoms with Crippen LogP contribution in [0.4, 0.5) is 5.69 Å². The minimum atomic E-state index is -4.21. The molecule has 0 radical (unpaired) electrons. The lowest BCUT2D eigenvalue weighted by Gasteiger charge is -2.34. The van der Waals surface area contributed by atoms with Crippen molar-refractivity contribution < 1.29 is 18.0 Å². The fourth-order valence-corrected chi connectivity index (χ4v) is 6.73. The van der Waals surface area contributed by atoms with Crippen LogP contribution in [0.5, 0.6) is 0 Å². The third-order valence-corrected chi connectivity index (χ3v) is 9.92. The van der Waals surface area contributed by atoms with Gasteiger partial charge in [0.2, 0.25) is 11.8 Å². The molecule has 0 saturated heterocycles. The van der Waals surface area contributed by atoms with Gasteiger partial charge >= 0.3 is 0 Å². The van der Waals surface area contributed by atoms with Crippen molar-refractivity contribution in [1.82, 2.24) is 10.2 Å². The lowest BCUT2D eigenvalue weighted by Crippen LogP contribution is -2.53. The highest BCUT2D eigenvalue weighted by molar-refractivity contribution is 7.92. The zero-order valence-corrected chi connectivity index (χ0v) is 27.7. The summed E-state index contributed by atoms with van der Waals surface area (Å²) in [5, 5.41) is 3.89. The molecule has 45 heavy (non-hydrogen) atoms. The van der Waals surface area contributed by atoms with E-state index in [0.29, 0.717) is 22.2 Å². The number of unbranched alkanes of at least 4 members (excludes halogenated alkanes) is 1. The number of nitrogens with zero attached hydrogens (tertiary/aromatic N) is 2. The van der Waals surface area contributed by atoms with Crippen molar-refractivity contribution in [2.75, 3.05) is 17.4 Å². The third-order valence-electron chi connectivity index (χ3n) is 7.48. The predicted octanol–water partition coefficient (Wildman–Crippen LogP) is 7.05. The Bertz CT molecular complexity index is 1690. The predicted molar refractivity (Wildman–Crippen MR) is 181 cm³/mol. The minimum absolute atomic E-state index is 0.0274. The van der Waals surface area contributed by atoms with E-state index in [0.717, 1.165) is 28.3 Å². The molecular formula is C35H37Cl2N3O4S. The van der Waals surface area contributed by atoms with E-state index < -0.39 is 28.5 Å². The topological polar surface area (TPSA) is 86.8 Å². The maximum Gasteiger partial charge on any atom is 0.264 e. The molecule has 4 rings (SSSR count). The first kappa shape index (κ1) is 34.0. The number of benzene rings is 4. The highest BCUT2D eigenvalue weighted by Crippen LogP contribution is 2.31. The van der Waals surface area contributed by atoms with Gasteiger partial charge < -0.3 is 10.2 Å². The quantitative estimate of drug-likeness (QED) is 0.146. The first-order chi connectivity index (χ1) is 21.6. The molecule has 0 spiro atoms. The Labute approximate surface area is 275 Å². The van der Waals surface area contributed by atoms with Crippen LogP contribution < -0.4 is 9.62 Å². The number of rotatable bonds is 14. The van der Waals surface area contributed by atoms with Crippen molar-refractivity contribution in [3.05, 3.63) is 130 Å². The van der Waals surface area contributed by atoms with Gasteiger partial charge in [-0.25, -0.2) is 8.42 Å². The van der Waals surface area contributed by atoms with Crippen molar-refractivity contribution in [1.29, 1.82) is 0 Å². The average molecular weight is 667 g/mol. The van der Waals surface area contributed by atoms with E-state index in [1.54, 1.807) is 67.6 Å². The Hall–Kier alpha value is -3.85. The Balaban J connectivity index is 1.81. The largest absolute Gasteiger partial charge is 0.354 e. The summed E-state index contributed by atoms with van der Waals surface area (Å²) in [5.74, 6) is -0.860. The number of anilines is 1. The summed E-state index contributed by atoms with van der Waals surface area (Å²) in [6.45, 7) is 3.70. The number of carbonyl (C=O) groups is 2. The van der Waals surface area contributed by atoms with Crippen LogP contribution in [0.2, 0.25) is 10.0 Å². The van der Waals surface area contributed by atoms with Gasteiger partial charge in [0.25, 0.3) is 10.0 Å². The molecule has 1 N–H and O–H groups in total. The molecule has 0 heterocycles. The second-order valence-corrected chi connectivity index (χ2v) is 13.4. The van der Waals surface area contributed by atoms with E-state index in [2.05, 4.69) is 5.32 Å². The fourth-order valence-electron chi connectivity index (χ4n) is 4.95. The van der Waals surface area contributed by atoms with Gasteiger partial charge in [0.05, 0.1) is 10.6 Å². The first-order valence-corrected chi connectivity index (χ1v) is 17.0. The van der Waals surface area contributed by atoms with Crippen LogP contribution in [-0.2, 0) is 32.6 Å². The number of hydrogen-bond donors (Lipinski definition) is 1. The van der Waals surface area contributed by atoms with Gasteiger partial charge in [-0.2, -0.15) is 0 Å². The Morgan fingerprint density at radius 3 is 2.11 bits per heavy atom. The summed E-state index contributed by atoms with van der Waals surface area (Å²) in [5.41, 5.74) is 2.39. The number of hydrogen-bond acceptors (Lipinski definition) is 4. The van der Waals surface area contributed by atoms with Gasteiger partial charge in [-0.15, -0.1) is 0 Å². The molecular weight excluding hydrogens is 629 g/mol. The normalized spacial score (nSPS) is 11.9.